The molecule has 1 aromatic carbocycles. The minimum absolute atomic E-state index is 0.126. The third-order valence-corrected chi connectivity index (χ3v) is 3.71. The first-order valence-electron chi connectivity index (χ1n) is 6.79. The summed E-state index contributed by atoms with van der Waals surface area (Å²) in [7, 11) is 0. The first-order chi connectivity index (χ1) is 9.74. The maximum absolute atomic E-state index is 12.2. The zero-order chi connectivity index (χ0) is 13.9. The molecule has 1 amide bonds. The van der Waals surface area contributed by atoms with E-state index < -0.39 is 0 Å². The van der Waals surface area contributed by atoms with Crippen molar-refractivity contribution in [2.24, 2.45) is 5.92 Å². The zero-order valence-corrected chi connectivity index (χ0v) is 11.0. The molecule has 5 nitrogen and oxygen atoms in total. The number of nitrogens with one attached hydrogen (secondary N) is 2. The van der Waals surface area contributed by atoms with Gasteiger partial charge in [0.1, 0.15) is 0 Å². The van der Waals surface area contributed by atoms with Gasteiger partial charge in [-0.2, -0.15) is 5.10 Å². The number of hydrogen-bond donors (Lipinski definition) is 3. The van der Waals surface area contributed by atoms with Crippen molar-refractivity contribution >= 4 is 5.91 Å². The van der Waals surface area contributed by atoms with Crippen LogP contribution in [-0.4, -0.2) is 33.9 Å². The van der Waals surface area contributed by atoms with Crippen LogP contribution in [0, 0.1) is 5.92 Å². The average molecular weight is 271 g/mol. The summed E-state index contributed by atoms with van der Waals surface area (Å²) in [5.41, 5.74) is 2.22. The monoisotopic (exact) mass is 271 g/mol. The molecule has 1 heterocycles. The van der Waals surface area contributed by atoms with Crippen LogP contribution in [0.4, 0.5) is 0 Å². The normalized spacial score (nSPS) is 21.2. The van der Waals surface area contributed by atoms with Gasteiger partial charge in [-0.1, -0.05) is 30.3 Å². The fraction of sp³-hybridized carbons (Fsp3) is 0.333. The molecule has 1 aliphatic carbocycles. The van der Waals surface area contributed by atoms with Crippen molar-refractivity contribution in [3.8, 4) is 11.3 Å². The molecule has 1 fully saturated rings. The largest absolute Gasteiger partial charge is 0.393 e. The molecular formula is C15H17N3O2. The number of aliphatic hydroxyl groups is 1. The van der Waals surface area contributed by atoms with E-state index >= 15 is 0 Å². The number of hydrogen-bond acceptors (Lipinski definition) is 3. The third-order valence-electron chi connectivity index (χ3n) is 3.71. The Kier molecular flexibility index (Phi) is 3.52. The summed E-state index contributed by atoms with van der Waals surface area (Å²) in [6.07, 6.45) is 2.91. The lowest BCUT2D eigenvalue weighted by atomic mass is 9.82. The van der Waals surface area contributed by atoms with E-state index in [1.807, 2.05) is 30.3 Å². The number of nitrogens with zero attached hydrogens (tertiary/aromatic N) is 1. The summed E-state index contributed by atoms with van der Waals surface area (Å²) in [6, 6.07) is 9.65. The second kappa shape index (κ2) is 5.46. The van der Waals surface area contributed by atoms with Crippen LogP contribution in [0.3, 0.4) is 0 Å². The predicted molar refractivity (Wildman–Crippen MR) is 75.1 cm³/mol. The molecule has 0 unspecified atom stereocenters. The number of benzene rings is 1. The number of aromatic nitrogens is 2. The number of carbonyl (C=O) groups is 1. The van der Waals surface area contributed by atoms with E-state index in [-0.39, 0.29) is 12.0 Å². The number of amides is 1. The average Bonchev–Trinajstić information content (AvgIpc) is 2.92. The molecular weight excluding hydrogens is 254 g/mol. The van der Waals surface area contributed by atoms with E-state index in [0.717, 1.165) is 24.1 Å². The summed E-state index contributed by atoms with van der Waals surface area (Å²) >= 11 is 0. The highest BCUT2D eigenvalue weighted by atomic mass is 16.3. The minimum Gasteiger partial charge on any atom is -0.393 e. The molecule has 20 heavy (non-hydrogen) atoms. The molecule has 0 radical (unpaired) electrons. The Bertz CT molecular complexity index is 588. The number of H-pyrrole nitrogens is 1. The van der Waals surface area contributed by atoms with Crippen LogP contribution in [0.25, 0.3) is 11.3 Å². The van der Waals surface area contributed by atoms with Gasteiger partial charge in [0.15, 0.2) is 0 Å². The van der Waals surface area contributed by atoms with E-state index in [1.54, 1.807) is 6.20 Å². The number of aromatic amines is 1. The van der Waals surface area contributed by atoms with Gasteiger partial charge in [-0.15, -0.1) is 0 Å². The molecule has 1 aromatic heterocycles. The van der Waals surface area contributed by atoms with E-state index in [0.29, 0.717) is 18.0 Å². The van der Waals surface area contributed by atoms with Crippen molar-refractivity contribution in [1.29, 1.82) is 0 Å². The van der Waals surface area contributed by atoms with Gasteiger partial charge in [0.2, 0.25) is 0 Å². The molecule has 3 N–H and O–H groups in total. The lowest BCUT2D eigenvalue weighted by molar-refractivity contribution is 0.0420. The van der Waals surface area contributed by atoms with Crippen LogP contribution in [0.2, 0.25) is 0 Å². The Labute approximate surface area is 117 Å². The van der Waals surface area contributed by atoms with Crippen LogP contribution < -0.4 is 5.32 Å². The van der Waals surface area contributed by atoms with Gasteiger partial charge in [0.25, 0.3) is 5.91 Å². The molecule has 104 valence electrons. The van der Waals surface area contributed by atoms with E-state index in [4.69, 9.17) is 0 Å². The van der Waals surface area contributed by atoms with Gasteiger partial charge >= 0.3 is 0 Å². The minimum atomic E-state index is -0.189. The van der Waals surface area contributed by atoms with Gasteiger partial charge in [0.05, 0.1) is 23.6 Å². The Morgan fingerprint density at radius 1 is 1.35 bits per heavy atom. The lowest BCUT2D eigenvalue weighted by Gasteiger charge is -2.31. The molecule has 1 saturated carbocycles. The Hall–Kier alpha value is -2.14. The molecule has 0 saturated heterocycles. The van der Waals surface area contributed by atoms with Crippen LogP contribution >= 0.6 is 0 Å². The van der Waals surface area contributed by atoms with Crippen molar-refractivity contribution in [3.05, 3.63) is 42.1 Å². The highest BCUT2D eigenvalue weighted by Gasteiger charge is 2.27. The second-order valence-electron chi connectivity index (χ2n) is 5.23. The van der Waals surface area contributed by atoms with Gasteiger partial charge < -0.3 is 10.4 Å². The zero-order valence-electron chi connectivity index (χ0n) is 11.0. The van der Waals surface area contributed by atoms with Gasteiger partial charge in [-0.3, -0.25) is 9.89 Å². The van der Waals surface area contributed by atoms with Gasteiger partial charge in [-0.25, -0.2) is 0 Å². The van der Waals surface area contributed by atoms with Crippen LogP contribution in [0.5, 0.6) is 0 Å². The molecule has 0 atom stereocenters. The Morgan fingerprint density at radius 2 is 2.10 bits per heavy atom. The standard InChI is InChI=1S/C15H17N3O2/c19-12-6-10(7-12)8-16-15(20)13-9-17-18-14(13)11-4-2-1-3-5-11/h1-5,9-10,12,19H,6-8H2,(H,16,20)(H,17,18). The number of rotatable bonds is 4. The van der Waals surface area contributed by atoms with Crippen molar-refractivity contribution < 1.29 is 9.90 Å². The molecule has 1 aliphatic rings. The fourth-order valence-corrected chi connectivity index (χ4v) is 2.48. The smallest absolute Gasteiger partial charge is 0.255 e. The Balaban J connectivity index is 1.68. The van der Waals surface area contributed by atoms with E-state index in [1.165, 1.54) is 0 Å². The van der Waals surface area contributed by atoms with Crippen molar-refractivity contribution in [3.63, 3.8) is 0 Å². The summed E-state index contributed by atoms with van der Waals surface area (Å²) in [5.74, 6) is 0.264. The van der Waals surface area contributed by atoms with E-state index in [9.17, 15) is 9.90 Å². The van der Waals surface area contributed by atoms with Crippen molar-refractivity contribution in [1.82, 2.24) is 15.5 Å². The summed E-state index contributed by atoms with van der Waals surface area (Å²) < 4.78 is 0. The second-order valence-corrected chi connectivity index (χ2v) is 5.23. The topological polar surface area (TPSA) is 78.0 Å². The molecule has 0 spiro atoms. The van der Waals surface area contributed by atoms with Crippen LogP contribution in [-0.2, 0) is 0 Å². The number of aliphatic hydroxyl groups excluding tert-OH is 1. The first-order valence-corrected chi connectivity index (χ1v) is 6.79. The first kappa shape index (κ1) is 12.9. The van der Waals surface area contributed by atoms with Crippen LogP contribution in [0.15, 0.2) is 36.5 Å². The van der Waals surface area contributed by atoms with Gasteiger partial charge in [-0.05, 0) is 18.8 Å². The van der Waals surface area contributed by atoms with Crippen molar-refractivity contribution in [2.45, 2.75) is 18.9 Å². The lowest BCUT2D eigenvalue weighted by Crippen LogP contribution is -2.38. The van der Waals surface area contributed by atoms with Gasteiger partial charge in [0, 0.05) is 12.1 Å². The number of carbonyl (C=O) groups excluding carboxylic acids is 1. The Morgan fingerprint density at radius 3 is 2.80 bits per heavy atom. The SMILES string of the molecule is O=C(NCC1CC(O)C1)c1cn[nH]c1-c1ccccc1. The molecule has 0 aliphatic heterocycles. The molecule has 5 heteroatoms. The fourth-order valence-electron chi connectivity index (χ4n) is 2.48. The maximum Gasteiger partial charge on any atom is 0.255 e. The summed E-state index contributed by atoms with van der Waals surface area (Å²) in [6.45, 7) is 0.606. The molecule has 3 rings (SSSR count). The highest BCUT2D eigenvalue weighted by molar-refractivity contribution is 5.99. The predicted octanol–water partition coefficient (Wildman–Crippen LogP) is 1.58. The molecule has 0 bridgehead atoms. The van der Waals surface area contributed by atoms with Crippen LogP contribution in [0.1, 0.15) is 23.2 Å². The van der Waals surface area contributed by atoms with Crippen molar-refractivity contribution in [2.75, 3.05) is 6.54 Å². The summed E-state index contributed by atoms with van der Waals surface area (Å²) in [5, 5.41) is 19.0. The quantitative estimate of drug-likeness (QED) is 0.790. The van der Waals surface area contributed by atoms with E-state index in [2.05, 4.69) is 15.5 Å². The highest BCUT2D eigenvalue weighted by Crippen LogP contribution is 2.26. The maximum atomic E-state index is 12.2. The third kappa shape index (κ3) is 2.58. The molecule has 2 aromatic rings. The summed E-state index contributed by atoms with van der Waals surface area (Å²) in [4.78, 5) is 12.2.